The van der Waals surface area contributed by atoms with E-state index in [0.717, 1.165) is 22.2 Å². The van der Waals surface area contributed by atoms with E-state index in [1.165, 1.54) is 6.07 Å². The van der Waals surface area contributed by atoms with Crippen LogP contribution in [0.1, 0.15) is 36.1 Å². The molecule has 1 saturated heterocycles. The zero-order valence-corrected chi connectivity index (χ0v) is 18.8. The van der Waals surface area contributed by atoms with Crippen molar-refractivity contribution in [1.29, 1.82) is 0 Å². The summed E-state index contributed by atoms with van der Waals surface area (Å²) in [5, 5.41) is 12.8. The lowest BCUT2D eigenvalue weighted by Gasteiger charge is -2.34. The average Bonchev–Trinajstić information content (AvgIpc) is 3.24. The Morgan fingerprint density at radius 3 is 2.28 bits per heavy atom. The maximum Gasteiger partial charge on any atom is 0.250 e. The number of nitrogens with zero attached hydrogens (tertiary/aromatic N) is 1. The first kappa shape index (κ1) is 22.4. The van der Waals surface area contributed by atoms with E-state index in [4.69, 9.17) is 0 Å². The van der Waals surface area contributed by atoms with Gasteiger partial charge in [-0.25, -0.2) is 8.78 Å². The molecule has 0 unspecified atom stereocenters. The third-order valence-corrected chi connectivity index (χ3v) is 6.38. The Morgan fingerprint density at radius 1 is 1.00 bits per heavy atom. The van der Waals surface area contributed by atoms with Gasteiger partial charge in [0.2, 0.25) is 0 Å². The molecule has 0 aliphatic carbocycles. The summed E-state index contributed by atoms with van der Waals surface area (Å²) < 4.78 is 29.7. The molecule has 0 saturated carbocycles. The second-order valence-corrected chi connectivity index (χ2v) is 8.73. The molecule has 166 valence electrons. The largest absolute Gasteiger partial charge is 0.394 e. The Morgan fingerprint density at radius 2 is 1.66 bits per heavy atom. The third-order valence-electron chi connectivity index (χ3n) is 5.85. The number of carbonyl (C=O) groups is 1. The fourth-order valence-corrected chi connectivity index (χ4v) is 4.53. The highest BCUT2D eigenvalue weighted by molar-refractivity contribution is 9.10. The van der Waals surface area contributed by atoms with Crippen LogP contribution in [0.5, 0.6) is 0 Å². The molecule has 7 heteroatoms. The number of para-hydroxylation sites is 1. The predicted molar refractivity (Wildman–Crippen MR) is 123 cm³/mol. The Labute approximate surface area is 194 Å². The number of amides is 1. The van der Waals surface area contributed by atoms with Crippen LogP contribution >= 0.6 is 15.9 Å². The number of halogens is 3. The van der Waals surface area contributed by atoms with Crippen molar-refractivity contribution in [1.82, 2.24) is 4.90 Å². The summed E-state index contributed by atoms with van der Waals surface area (Å²) in [7, 11) is 0. The summed E-state index contributed by atoms with van der Waals surface area (Å²) in [5.41, 5.74) is 1.17. The summed E-state index contributed by atoms with van der Waals surface area (Å²) in [5.74, 6) is -1.90. The van der Waals surface area contributed by atoms with Gasteiger partial charge in [-0.15, -0.1) is 0 Å². The Kier molecular flexibility index (Phi) is 6.86. The SMILES string of the molecule is O=C([C@H](Nc1c(F)cccc1F)c1ccc(Br)cc1)N1[C@H](CO)CC[C@@H]1c1ccccc1. The van der Waals surface area contributed by atoms with Crippen LogP contribution in [0.25, 0.3) is 0 Å². The minimum Gasteiger partial charge on any atom is -0.394 e. The standard InChI is InChI=1S/C25H23BrF2N2O2/c26-18-11-9-17(10-12-18)23(29-24-20(27)7-4-8-21(24)28)25(32)30-19(15-31)13-14-22(30)16-5-2-1-3-6-16/h1-12,19,22-23,29,31H,13-15H2/t19-,22+,23+/m0/s1. The quantitative estimate of drug-likeness (QED) is 0.462. The van der Waals surface area contributed by atoms with E-state index in [-0.39, 0.29) is 30.3 Å². The predicted octanol–water partition coefficient (Wildman–Crippen LogP) is 5.61. The van der Waals surface area contributed by atoms with Crippen molar-refractivity contribution in [2.24, 2.45) is 0 Å². The lowest BCUT2D eigenvalue weighted by molar-refractivity contribution is -0.136. The van der Waals surface area contributed by atoms with Crippen molar-refractivity contribution in [3.63, 3.8) is 0 Å². The molecule has 3 aromatic rings. The van der Waals surface area contributed by atoms with Crippen LogP contribution in [-0.4, -0.2) is 28.6 Å². The van der Waals surface area contributed by atoms with E-state index in [1.807, 2.05) is 30.3 Å². The van der Waals surface area contributed by atoms with E-state index < -0.39 is 17.7 Å². The second kappa shape index (κ2) is 9.79. The lowest BCUT2D eigenvalue weighted by atomic mass is 10.0. The van der Waals surface area contributed by atoms with Gasteiger partial charge in [-0.2, -0.15) is 0 Å². The molecule has 1 aliphatic heterocycles. The summed E-state index contributed by atoms with van der Waals surface area (Å²) in [6, 6.07) is 18.6. The van der Waals surface area contributed by atoms with Gasteiger partial charge in [-0.1, -0.05) is 64.5 Å². The van der Waals surface area contributed by atoms with E-state index in [9.17, 15) is 18.7 Å². The maximum absolute atomic E-state index is 14.4. The van der Waals surface area contributed by atoms with Crippen molar-refractivity contribution >= 4 is 27.5 Å². The number of nitrogens with one attached hydrogen (secondary N) is 1. The summed E-state index contributed by atoms with van der Waals surface area (Å²) >= 11 is 3.38. The van der Waals surface area contributed by atoms with Gasteiger partial charge in [0.05, 0.1) is 18.7 Å². The first-order valence-electron chi connectivity index (χ1n) is 10.4. The molecule has 3 atom stereocenters. The molecule has 0 spiro atoms. The molecule has 1 aliphatic rings. The van der Waals surface area contributed by atoms with Gasteiger partial charge in [0.15, 0.2) is 0 Å². The van der Waals surface area contributed by atoms with Gasteiger partial charge in [0.1, 0.15) is 23.4 Å². The van der Waals surface area contributed by atoms with Gasteiger partial charge < -0.3 is 15.3 Å². The molecular weight excluding hydrogens is 478 g/mol. The zero-order valence-electron chi connectivity index (χ0n) is 17.2. The molecule has 0 bridgehead atoms. The molecule has 4 rings (SSSR count). The van der Waals surface area contributed by atoms with Crippen LogP contribution in [0, 0.1) is 11.6 Å². The van der Waals surface area contributed by atoms with Crippen LogP contribution in [0.3, 0.4) is 0 Å². The van der Waals surface area contributed by atoms with Crippen LogP contribution in [0.15, 0.2) is 77.3 Å². The second-order valence-electron chi connectivity index (χ2n) is 7.81. The van der Waals surface area contributed by atoms with E-state index in [1.54, 1.807) is 29.2 Å². The Bertz CT molecular complexity index is 1060. The van der Waals surface area contributed by atoms with Gasteiger partial charge in [0, 0.05) is 4.47 Å². The smallest absolute Gasteiger partial charge is 0.250 e. The number of aliphatic hydroxyl groups is 1. The number of benzene rings is 3. The van der Waals surface area contributed by atoms with Gasteiger partial charge in [0.25, 0.3) is 5.91 Å². The highest BCUT2D eigenvalue weighted by Gasteiger charge is 2.40. The van der Waals surface area contributed by atoms with Crippen LogP contribution in [-0.2, 0) is 4.79 Å². The fourth-order valence-electron chi connectivity index (χ4n) is 4.27. The van der Waals surface area contributed by atoms with Crippen LogP contribution in [0.4, 0.5) is 14.5 Å². The molecule has 1 amide bonds. The molecule has 32 heavy (non-hydrogen) atoms. The first-order valence-corrected chi connectivity index (χ1v) is 11.2. The van der Waals surface area contributed by atoms with E-state index in [0.29, 0.717) is 18.4 Å². The molecule has 3 aromatic carbocycles. The number of hydrogen-bond acceptors (Lipinski definition) is 3. The van der Waals surface area contributed by atoms with Gasteiger partial charge >= 0.3 is 0 Å². The molecular formula is C25H23BrF2N2O2. The van der Waals surface area contributed by atoms with Crippen molar-refractivity contribution in [3.05, 3.63) is 100 Å². The number of aliphatic hydroxyl groups excluding tert-OH is 1. The number of anilines is 1. The van der Waals surface area contributed by atoms with Gasteiger partial charge in [-0.3, -0.25) is 4.79 Å². The topological polar surface area (TPSA) is 52.6 Å². The van der Waals surface area contributed by atoms with Crippen molar-refractivity contribution in [2.75, 3.05) is 11.9 Å². The van der Waals surface area contributed by atoms with Crippen molar-refractivity contribution in [2.45, 2.75) is 31.0 Å². The summed E-state index contributed by atoms with van der Waals surface area (Å²) in [6.45, 7) is -0.184. The molecule has 0 aromatic heterocycles. The third kappa shape index (κ3) is 4.54. The van der Waals surface area contributed by atoms with Crippen molar-refractivity contribution in [3.8, 4) is 0 Å². The molecule has 0 radical (unpaired) electrons. The van der Waals surface area contributed by atoms with Crippen molar-refractivity contribution < 1.29 is 18.7 Å². The normalized spacial score (nSPS) is 19.1. The number of likely N-dealkylation sites (tertiary alicyclic amines) is 1. The molecule has 4 nitrogen and oxygen atoms in total. The first-order chi connectivity index (χ1) is 15.5. The number of hydrogen-bond donors (Lipinski definition) is 2. The average molecular weight is 501 g/mol. The number of carbonyl (C=O) groups excluding carboxylic acids is 1. The fraction of sp³-hybridized carbons (Fsp3) is 0.240. The van der Waals surface area contributed by atoms with Crippen LogP contribution in [0.2, 0.25) is 0 Å². The maximum atomic E-state index is 14.4. The molecule has 1 heterocycles. The Hall–Kier alpha value is -2.77. The van der Waals surface area contributed by atoms with Gasteiger partial charge in [-0.05, 0) is 48.2 Å². The summed E-state index contributed by atoms with van der Waals surface area (Å²) in [4.78, 5) is 15.6. The minimum absolute atomic E-state index is 0.184. The highest BCUT2D eigenvalue weighted by Crippen LogP contribution is 2.39. The minimum atomic E-state index is -1.03. The van der Waals surface area contributed by atoms with E-state index >= 15 is 0 Å². The molecule has 2 N–H and O–H groups in total. The molecule has 1 fully saturated rings. The van der Waals surface area contributed by atoms with Crippen LogP contribution < -0.4 is 5.32 Å². The Balaban J connectivity index is 1.75. The summed E-state index contributed by atoms with van der Waals surface area (Å²) in [6.07, 6.45) is 1.34. The lowest BCUT2D eigenvalue weighted by Crippen LogP contribution is -2.44. The zero-order chi connectivity index (χ0) is 22.7. The highest BCUT2D eigenvalue weighted by atomic mass is 79.9. The monoisotopic (exact) mass is 500 g/mol. The van der Waals surface area contributed by atoms with E-state index in [2.05, 4.69) is 21.2 Å². The number of rotatable bonds is 6.